The predicted molar refractivity (Wildman–Crippen MR) is 86.1 cm³/mol. The van der Waals surface area contributed by atoms with E-state index < -0.39 is 0 Å². The fourth-order valence-electron chi connectivity index (χ4n) is 5.07. The average molecular weight is 292 g/mol. The molecule has 0 aromatic rings. The summed E-state index contributed by atoms with van der Waals surface area (Å²) < 4.78 is 0. The normalized spacial score (nSPS) is 37.1. The number of rotatable bonds is 3. The number of carbonyl (C=O) groups is 1. The Morgan fingerprint density at radius 2 is 1.76 bits per heavy atom. The molecule has 1 saturated heterocycles. The van der Waals surface area contributed by atoms with Crippen LogP contribution in [0.3, 0.4) is 0 Å². The van der Waals surface area contributed by atoms with Crippen molar-refractivity contribution in [2.24, 2.45) is 17.8 Å². The van der Waals surface area contributed by atoms with Crippen LogP contribution in [0.1, 0.15) is 64.2 Å². The molecule has 0 radical (unpaired) electrons. The van der Waals surface area contributed by atoms with Gasteiger partial charge in [0.1, 0.15) is 0 Å². The van der Waals surface area contributed by atoms with Gasteiger partial charge in [-0.25, -0.2) is 0 Å². The molecule has 1 N–H and O–H groups in total. The van der Waals surface area contributed by atoms with Gasteiger partial charge in [0, 0.05) is 25.0 Å². The lowest BCUT2D eigenvalue weighted by atomic mass is 9.67. The van der Waals surface area contributed by atoms with Crippen molar-refractivity contribution in [1.29, 1.82) is 0 Å². The van der Waals surface area contributed by atoms with Gasteiger partial charge in [-0.3, -0.25) is 4.79 Å². The Labute approximate surface area is 129 Å². The highest BCUT2D eigenvalue weighted by Gasteiger charge is 2.38. The van der Waals surface area contributed by atoms with Gasteiger partial charge in [-0.05, 0) is 57.4 Å². The number of carbonyl (C=O) groups excluding carboxylic acids is 1. The topological polar surface area (TPSA) is 32.3 Å². The number of likely N-dealkylation sites (tertiary alicyclic amines) is 1. The van der Waals surface area contributed by atoms with Crippen LogP contribution in [0.2, 0.25) is 0 Å². The molecule has 1 amide bonds. The van der Waals surface area contributed by atoms with E-state index in [-0.39, 0.29) is 0 Å². The summed E-state index contributed by atoms with van der Waals surface area (Å²) in [5.41, 5.74) is 0. The van der Waals surface area contributed by atoms with E-state index in [0.29, 0.717) is 17.9 Å². The number of amides is 1. The summed E-state index contributed by atoms with van der Waals surface area (Å²) in [4.78, 5) is 15.2. The first kappa shape index (κ1) is 15.3. The van der Waals surface area contributed by atoms with Crippen LogP contribution in [-0.4, -0.2) is 37.0 Å². The van der Waals surface area contributed by atoms with Crippen LogP contribution in [0.25, 0.3) is 0 Å². The Morgan fingerprint density at radius 3 is 2.57 bits per heavy atom. The maximum Gasteiger partial charge on any atom is 0.225 e. The van der Waals surface area contributed by atoms with Crippen molar-refractivity contribution in [3.8, 4) is 0 Å². The van der Waals surface area contributed by atoms with Crippen LogP contribution in [0.4, 0.5) is 0 Å². The van der Waals surface area contributed by atoms with E-state index in [1.807, 2.05) is 7.05 Å². The highest BCUT2D eigenvalue weighted by Crippen LogP contribution is 2.43. The lowest BCUT2D eigenvalue weighted by Crippen LogP contribution is -2.51. The van der Waals surface area contributed by atoms with Gasteiger partial charge in [-0.15, -0.1) is 0 Å². The third kappa shape index (κ3) is 3.44. The fraction of sp³-hybridized carbons (Fsp3) is 0.944. The maximum absolute atomic E-state index is 13.0. The highest BCUT2D eigenvalue weighted by atomic mass is 16.2. The molecule has 0 aromatic carbocycles. The largest absolute Gasteiger partial charge is 0.338 e. The summed E-state index contributed by atoms with van der Waals surface area (Å²) in [7, 11) is 2.00. The van der Waals surface area contributed by atoms with E-state index in [1.165, 1.54) is 57.8 Å². The molecule has 3 heteroatoms. The van der Waals surface area contributed by atoms with Gasteiger partial charge < -0.3 is 10.2 Å². The smallest absolute Gasteiger partial charge is 0.225 e. The van der Waals surface area contributed by atoms with Gasteiger partial charge in [-0.1, -0.05) is 25.7 Å². The van der Waals surface area contributed by atoms with E-state index in [9.17, 15) is 4.79 Å². The molecule has 1 heterocycles. The average Bonchev–Trinajstić information content (AvgIpc) is 2.54. The number of fused-ring (bicyclic) bond motifs is 1. The molecule has 0 spiro atoms. The maximum atomic E-state index is 13.0. The number of hydrogen-bond donors (Lipinski definition) is 1. The molecule has 120 valence electrons. The van der Waals surface area contributed by atoms with Crippen LogP contribution in [0.5, 0.6) is 0 Å². The minimum atomic E-state index is 0.335. The summed E-state index contributed by atoms with van der Waals surface area (Å²) >= 11 is 0. The first-order valence-electron chi connectivity index (χ1n) is 9.24. The first-order chi connectivity index (χ1) is 10.3. The summed E-state index contributed by atoms with van der Waals surface area (Å²) in [5, 5.41) is 3.28. The Hall–Kier alpha value is -0.570. The molecule has 2 saturated carbocycles. The molecule has 4 unspecified atom stereocenters. The van der Waals surface area contributed by atoms with Gasteiger partial charge in [0.15, 0.2) is 0 Å². The van der Waals surface area contributed by atoms with Crippen molar-refractivity contribution in [3.05, 3.63) is 0 Å². The molecule has 2 aliphatic carbocycles. The minimum Gasteiger partial charge on any atom is -0.338 e. The Balaban J connectivity index is 1.61. The molecule has 3 aliphatic rings. The molecule has 0 aromatic heterocycles. The molecular formula is C18H32N2O. The number of hydrogen-bond acceptors (Lipinski definition) is 2. The van der Waals surface area contributed by atoms with Gasteiger partial charge in [0.05, 0.1) is 0 Å². The highest BCUT2D eigenvalue weighted by molar-refractivity contribution is 5.79. The zero-order valence-electron chi connectivity index (χ0n) is 13.7. The summed E-state index contributed by atoms with van der Waals surface area (Å²) in [6.07, 6.45) is 13.0. The second kappa shape index (κ2) is 7.13. The van der Waals surface area contributed by atoms with Crippen molar-refractivity contribution in [3.63, 3.8) is 0 Å². The Morgan fingerprint density at radius 1 is 1.00 bits per heavy atom. The zero-order valence-corrected chi connectivity index (χ0v) is 13.7. The number of nitrogens with zero attached hydrogens (tertiary/aromatic N) is 1. The molecular weight excluding hydrogens is 260 g/mol. The predicted octanol–water partition coefficient (Wildman–Crippen LogP) is 3.19. The number of piperidine rings is 1. The molecule has 3 fully saturated rings. The van der Waals surface area contributed by atoms with Gasteiger partial charge in [-0.2, -0.15) is 0 Å². The summed E-state index contributed by atoms with van der Waals surface area (Å²) in [6, 6.07) is 0.445. The monoisotopic (exact) mass is 292 g/mol. The fourth-order valence-corrected chi connectivity index (χ4v) is 5.07. The van der Waals surface area contributed by atoms with Crippen LogP contribution in [0.15, 0.2) is 0 Å². The lowest BCUT2D eigenvalue weighted by Gasteiger charge is -2.43. The number of likely N-dealkylation sites (N-methyl/N-ethyl adjacent to an activating group) is 1. The van der Waals surface area contributed by atoms with Crippen LogP contribution in [0, 0.1) is 17.8 Å². The molecule has 3 nitrogen and oxygen atoms in total. The van der Waals surface area contributed by atoms with Crippen molar-refractivity contribution in [2.45, 2.75) is 70.3 Å². The van der Waals surface area contributed by atoms with Gasteiger partial charge >= 0.3 is 0 Å². The minimum absolute atomic E-state index is 0.335. The van der Waals surface area contributed by atoms with E-state index in [0.717, 1.165) is 31.3 Å². The van der Waals surface area contributed by atoms with Crippen molar-refractivity contribution in [1.82, 2.24) is 10.2 Å². The Bertz CT molecular complexity index is 355. The quantitative estimate of drug-likeness (QED) is 0.866. The second-order valence-corrected chi connectivity index (χ2v) is 7.55. The Kier molecular flexibility index (Phi) is 5.20. The third-order valence-electron chi connectivity index (χ3n) is 6.24. The summed E-state index contributed by atoms with van der Waals surface area (Å²) in [6.45, 7) is 1.96. The number of nitrogens with one attached hydrogen (secondary N) is 1. The van der Waals surface area contributed by atoms with Gasteiger partial charge in [0.25, 0.3) is 0 Å². The summed E-state index contributed by atoms with van der Waals surface area (Å²) in [5.74, 6) is 2.62. The van der Waals surface area contributed by atoms with Crippen LogP contribution in [-0.2, 0) is 4.79 Å². The first-order valence-corrected chi connectivity index (χ1v) is 9.24. The van der Waals surface area contributed by atoms with Crippen LogP contribution < -0.4 is 5.32 Å². The SMILES string of the molecule is CNCC1CCCCN1C(=O)C1CCC2CCCCC2C1. The van der Waals surface area contributed by atoms with Crippen molar-refractivity contribution >= 4 is 5.91 Å². The van der Waals surface area contributed by atoms with Gasteiger partial charge in [0.2, 0.25) is 5.91 Å². The standard InChI is InChI=1S/C18H32N2O/c1-19-13-17-8-4-5-11-20(17)18(21)16-10-9-14-6-2-3-7-15(14)12-16/h14-17,19H,2-13H2,1H3. The van der Waals surface area contributed by atoms with E-state index >= 15 is 0 Å². The molecule has 1 aliphatic heterocycles. The lowest BCUT2D eigenvalue weighted by molar-refractivity contribution is -0.141. The molecule has 21 heavy (non-hydrogen) atoms. The zero-order chi connectivity index (χ0) is 14.7. The van der Waals surface area contributed by atoms with E-state index in [2.05, 4.69) is 10.2 Å². The second-order valence-electron chi connectivity index (χ2n) is 7.55. The van der Waals surface area contributed by atoms with E-state index in [4.69, 9.17) is 0 Å². The van der Waals surface area contributed by atoms with Crippen LogP contribution >= 0.6 is 0 Å². The molecule has 4 atom stereocenters. The van der Waals surface area contributed by atoms with Crippen molar-refractivity contribution < 1.29 is 4.79 Å². The van der Waals surface area contributed by atoms with E-state index in [1.54, 1.807) is 0 Å². The van der Waals surface area contributed by atoms with Crippen molar-refractivity contribution in [2.75, 3.05) is 20.1 Å². The third-order valence-corrected chi connectivity index (χ3v) is 6.24. The molecule has 3 rings (SSSR count). The molecule has 0 bridgehead atoms.